The summed E-state index contributed by atoms with van der Waals surface area (Å²) in [6.07, 6.45) is 0. The van der Waals surface area contributed by atoms with Gasteiger partial charge in [-0.15, -0.1) is 0 Å². The van der Waals surface area contributed by atoms with E-state index >= 15 is 0 Å². The van der Waals surface area contributed by atoms with E-state index in [1.807, 2.05) is 0 Å². The second-order valence-corrected chi connectivity index (χ2v) is 6.42. The van der Waals surface area contributed by atoms with Crippen molar-refractivity contribution in [2.24, 2.45) is 5.92 Å². The predicted molar refractivity (Wildman–Crippen MR) is 107 cm³/mol. The maximum absolute atomic E-state index is 12.7. The molecule has 2 amide bonds. The Morgan fingerprint density at radius 1 is 0.828 bits per heavy atom. The molecule has 0 aliphatic rings. The van der Waals surface area contributed by atoms with E-state index in [-0.39, 0.29) is 34.2 Å². The van der Waals surface area contributed by atoms with Crippen LogP contribution in [0.1, 0.15) is 44.9 Å². The molecule has 0 radical (unpaired) electrons. The standard InChI is InChI=1S/C21H22N2O6/c1-12(2)18(24)22-15-7-5-6-13(10-15)19(25)23-17-11-14(20(26)28-3)8-9-16(17)21(27)29-4/h5-12H,1-4H3,(H,22,24)(H,23,25). The Bertz CT molecular complexity index is 952. The van der Waals surface area contributed by atoms with Crippen molar-refractivity contribution in [1.82, 2.24) is 0 Å². The lowest BCUT2D eigenvalue weighted by molar-refractivity contribution is -0.118. The first-order chi connectivity index (χ1) is 13.8. The third kappa shape index (κ3) is 5.41. The number of benzene rings is 2. The largest absolute Gasteiger partial charge is 0.465 e. The molecule has 0 saturated heterocycles. The average molecular weight is 398 g/mol. The smallest absolute Gasteiger partial charge is 0.339 e. The molecule has 0 fully saturated rings. The Morgan fingerprint density at radius 3 is 2.14 bits per heavy atom. The van der Waals surface area contributed by atoms with Gasteiger partial charge in [0.15, 0.2) is 0 Å². The van der Waals surface area contributed by atoms with Gasteiger partial charge in [-0.05, 0) is 36.4 Å². The third-order valence-corrected chi connectivity index (χ3v) is 4.01. The summed E-state index contributed by atoms with van der Waals surface area (Å²) in [4.78, 5) is 48.4. The summed E-state index contributed by atoms with van der Waals surface area (Å²) in [5, 5.41) is 5.32. The summed E-state index contributed by atoms with van der Waals surface area (Å²) in [5.41, 5.74) is 1.06. The molecule has 2 N–H and O–H groups in total. The van der Waals surface area contributed by atoms with Gasteiger partial charge >= 0.3 is 11.9 Å². The third-order valence-electron chi connectivity index (χ3n) is 4.01. The monoisotopic (exact) mass is 398 g/mol. The normalized spacial score (nSPS) is 10.2. The van der Waals surface area contributed by atoms with Crippen molar-refractivity contribution in [2.45, 2.75) is 13.8 Å². The van der Waals surface area contributed by atoms with E-state index in [0.29, 0.717) is 5.69 Å². The molecule has 29 heavy (non-hydrogen) atoms. The SMILES string of the molecule is COC(=O)c1ccc(C(=O)OC)c(NC(=O)c2cccc(NC(=O)C(C)C)c2)c1. The minimum absolute atomic E-state index is 0.0813. The van der Waals surface area contributed by atoms with E-state index in [2.05, 4.69) is 15.4 Å². The van der Waals surface area contributed by atoms with Gasteiger partial charge in [0, 0.05) is 17.2 Å². The number of hydrogen-bond acceptors (Lipinski definition) is 6. The Hall–Kier alpha value is -3.68. The number of hydrogen-bond donors (Lipinski definition) is 2. The topological polar surface area (TPSA) is 111 Å². The van der Waals surface area contributed by atoms with Crippen molar-refractivity contribution >= 4 is 35.1 Å². The maximum Gasteiger partial charge on any atom is 0.339 e. The minimum atomic E-state index is -0.672. The van der Waals surface area contributed by atoms with Gasteiger partial charge in [-0.1, -0.05) is 19.9 Å². The molecule has 0 heterocycles. The van der Waals surface area contributed by atoms with Crippen molar-refractivity contribution in [3.05, 3.63) is 59.2 Å². The van der Waals surface area contributed by atoms with Crippen molar-refractivity contribution < 1.29 is 28.7 Å². The lowest BCUT2D eigenvalue weighted by Gasteiger charge is -2.12. The molecular formula is C21H22N2O6. The number of nitrogens with one attached hydrogen (secondary N) is 2. The van der Waals surface area contributed by atoms with Crippen molar-refractivity contribution in [3.63, 3.8) is 0 Å². The highest BCUT2D eigenvalue weighted by molar-refractivity contribution is 6.09. The van der Waals surface area contributed by atoms with Crippen LogP contribution in [-0.2, 0) is 14.3 Å². The number of ether oxygens (including phenoxy) is 2. The van der Waals surface area contributed by atoms with Crippen molar-refractivity contribution in [1.29, 1.82) is 0 Å². The van der Waals surface area contributed by atoms with E-state index in [0.717, 1.165) is 0 Å². The van der Waals surface area contributed by atoms with Gasteiger partial charge in [-0.25, -0.2) is 9.59 Å². The number of methoxy groups -OCH3 is 2. The van der Waals surface area contributed by atoms with Crippen LogP contribution in [0.25, 0.3) is 0 Å². The number of carbonyl (C=O) groups excluding carboxylic acids is 4. The van der Waals surface area contributed by atoms with Crippen molar-refractivity contribution in [3.8, 4) is 0 Å². The summed E-state index contributed by atoms with van der Waals surface area (Å²) in [6, 6.07) is 10.5. The molecule has 0 aromatic heterocycles. The lowest BCUT2D eigenvalue weighted by atomic mass is 10.1. The van der Waals surface area contributed by atoms with Gasteiger partial charge in [-0.3, -0.25) is 9.59 Å². The van der Waals surface area contributed by atoms with Crippen LogP contribution in [-0.4, -0.2) is 38.0 Å². The molecule has 0 aliphatic heterocycles. The fourth-order valence-electron chi connectivity index (χ4n) is 2.40. The first-order valence-electron chi connectivity index (χ1n) is 8.79. The highest BCUT2D eigenvalue weighted by Gasteiger charge is 2.18. The molecule has 8 heteroatoms. The summed E-state index contributed by atoms with van der Waals surface area (Å²) < 4.78 is 9.39. The van der Waals surface area contributed by atoms with Crippen LogP contribution >= 0.6 is 0 Å². The van der Waals surface area contributed by atoms with Crippen LogP contribution in [0.15, 0.2) is 42.5 Å². The molecular weight excluding hydrogens is 376 g/mol. The van der Waals surface area contributed by atoms with Gasteiger partial charge < -0.3 is 20.1 Å². The van der Waals surface area contributed by atoms with Crippen LogP contribution in [0, 0.1) is 5.92 Å². The molecule has 0 unspecified atom stereocenters. The first-order valence-corrected chi connectivity index (χ1v) is 8.79. The molecule has 2 rings (SSSR count). The average Bonchev–Trinajstić information content (AvgIpc) is 2.72. The van der Waals surface area contributed by atoms with Gasteiger partial charge in [0.25, 0.3) is 5.91 Å². The Kier molecular flexibility index (Phi) is 7.08. The Morgan fingerprint density at radius 2 is 1.52 bits per heavy atom. The van der Waals surface area contributed by atoms with E-state index < -0.39 is 17.8 Å². The van der Waals surface area contributed by atoms with E-state index in [4.69, 9.17) is 4.74 Å². The molecule has 0 bridgehead atoms. The molecule has 2 aromatic rings. The quantitative estimate of drug-likeness (QED) is 0.724. The fourth-order valence-corrected chi connectivity index (χ4v) is 2.40. The molecule has 0 saturated carbocycles. The predicted octanol–water partition coefficient (Wildman–Crippen LogP) is 3.11. The van der Waals surface area contributed by atoms with Gasteiger partial charge in [0.05, 0.1) is 31.0 Å². The van der Waals surface area contributed by atoms with Crippen LogP contribution in [0.4, 0.5) is 11.4 Å². The Labute approximate surface area is 168 Å². The van der Waals surface area contributed by atoms with Gasteiger partial charge in [0.1, 0.15) is 0 Å². The highest BCUT2D eigenvalue weighted by atomic mass is 16.5. The molecule has 0 aliphatic carbocycles. The molecule has 0 atom stereocenters. The van der Waals surface area contributed by atoms with Crippen LogP contribution in [0.5, 0.6) is 0 Å². The first kappa shape index (κ1) is 21.6. The highest BCUT2D eigenvalue weighted by Crippen LogP contribution is 2.21. The summed E-state index contributed by atoms with van der Waals surface area (Å²) in [6.45, 7) is 3.52. The van der Waals surface area contributed by atoms with E-state index in [1.165, 1.54) is 38.5 Å². The summed E-state index contributed by atoms with van der Waals surface area (Å²) in [5.74, 6) is -2.21. The molecule has 152 valence electrons. The zero-order chi connectivity index (χ0) is 21.6. The Balaban J connectivity index is 2.33. The van der Waals surface area contributed by atoms with Crippen LogP contribution < -0.4 is 10.6 Å². The van der Waals surface area contributed by atoms with E-state index in [1.54, 1.807) is 32.0 Å². The fraction of sp³-hybridized carbons (Fsp3) is 0.238. The number of esters is 2. The molecule has 0 spiro atoms. The van der Waals surface area contributed by atoms with Crippen LogP contribution in [0.2, 0.25) is 0 Å². The zero-order valence-corrected chi connectivity index (χ0v) is 16.6. The number of amides is 2. The molecule has 8 nitrogen and oxygen atoms in total. The number of rotatable bonds is 6. The number of carbonyl (C=O) groups is 4. The van der Waals surface area contributed by atoms with Gasteiger partial charge in [-0.2, -0.15) is 0 Å². The second-order valence-electron chi connectivity index (χ2n) is 6.42. The maximum atomic E-state index is 12.7. The molecule has 2 aromatic carbocycles. The second kappa shape index (κ2) is 9.50. The summed E-state index contributed by atoms with van der Waals surface area (Å²) in [7, 11) is 2.44. The lowest BCUT2D eigenvalue weighted by Crippen LogP contribution is -2.19. The zero-order valence-electron chi connectivity index (χ0n) is 16.6. The summed E-state index contributed by atoms with van der Waals surface area (Å²) >= 11 is 0. The minimum Gasteiger partial charge on any atom is -0.465 e. The van der Waals surface area contributed by atoms with Crippen LogP contribution in [0.3, 0.4) is 0 Å². The van der Waals surface area contributed by atoms with Crippen molar-refractivity contribution in [2.75, 3.05) is 24.9 Å². The number of anilines is 2. The van der Waals surface area contributed by atoms with E-state index in [9.17, 15) is 19.2 Å². The van der Waals surface area contributed by atoms with Gasteiger partial charge in [0.2, 0.25) is 5.91 Å².